The molecule has 8 nitrogen and oxygen atoms in total. The molecule has 0 saturated heterocycles. The fourth-order valence-electron chi connectivity index (χ4n) is 6.39. The smallest absolute Gasteiger partial charge is 0.268 e. The molecule has 0 aliphatic heterocycles. The van der Waals surface area contributed by atoms with Crippen LogP contribution in [0.2, 0.25) is 0 Å². The van der Waals surface area contributed by atoms with Gasteiger partial charge in [-0.25, -0.2) is 0 Å². The van der Waals surface area contributed by atoms with Gasteiger partial charge in [0, 0.05) is 6.42 Å². The summed E-state index contributed by atoms with van der Waals surface area (Å²) in [7, 11) is 1.24. The number of aliphatic hydroxyl groups excluding tert-OH is 1. The van der Waals surface area contributed by atoms with Gasteiger partial charge in [0.2, 0.25) is 5.91 Å². The molecule has 0 aliphatic carbocycles. The Bertz CT molecular complexity index is 922. The first-order chi connectivity index (χ1) is 25.5. The van der Waals surface area contributed by atoms with Crippen LogP contribution in [0.3, 0.4) is 0 Å². The number of hydrogen-bond acceptors (Lipinski definition) is 6. The first kappa shape index (κ1) is 52.0. The van der Waals surface area contributed by atoms with E-state index >= 15 is 0 Å². The number of phosphoric acid groups is 1. The van der Waals surface area contributed by atoms with Crippen molar-refractivity contribution in [3.05, 3.63) is 24.3 Å². The van der Waals surface area contributed by atoms with E-state index in [1.165, 1.54) is 148 Å². The third kappa shape index (κ3) is 39.0. The Morgan fingerprint density at radius 1 is 0.660 bits per heavy atom. The Kier molecular flexibility index (Phi) is 35.9. The van der Waals surface area contributed by atoms with Crippen LogP contribution in [-0.2, 0) is 18.4 Å². The van der Waals surface area contributed by atoms with E-state index < -0.39 is 26.6 Å². The fraction of sp³-hybridized carbons (Fsp3) is 0.886. The van der Waals surface area contributed by atoms with Crippen molar-refractivity contribution >= 4 is 13.7 Å². The average Bonchev–Trinajstić information content (AvgIpc) is 3.10. The standard InChI is InChI=1S/C44H87N2O6P/c1-6-8-10-12-14-16-18-19-20-21-22-23-24-25-26-27-28-30-32-34-36-38-44(48)45-42(41-52-53(49,50)51-40-39-46(3,4)5)43(47)37-35-33-31-29-17-15-13-11-9-7-2/h31,33,35,37,42-43,47H,6-30,32,34,36,38-41H2,1-5H3,(H-,45,48,49,50)/b33-31+,37-35+/t42-,43+/m0/s1. The first-order valence-corrected chi connectivity index (χ1v) is 23.7. The number of nitrogens with one attached hydrogen (secondary N) is 1. The molecule has 0 bridgehead atoms. The van der Waals surface area contributed by atoms with Gasteiger partial charge in [-0.2, -0.15) is 0 Å². The van der Waals surface area contributed by atoms with Crippen molar-refractivity contribution in [2.45, 2.75) is 212 Å². The van der Waals surface area contributed by atoms with Crippen LogP contribution < -0.4 is 10.2 Å². The Morgan fingerprint density at radius 3 is 1.51 bits per heavy atom. The highest BCUT2D eigenvalue weighted by Crippen LogP contribution is 2.38. The lowest BCUT2D eigenvalue weighted by molar-refractivity contribution is -0.870. The first-order valence-electron chi connectivity index (χ1n) is 22.2. The minimum atomic E-state index is -4.59. The van der Waals surface area contributed by atoms with Gasteiger partial charge in [0.05, 0.1) is 39.9 Å². The predicted molar refractivity (Wildman–Crippen MR) is 224 cm³/mol. The van der Waals surface area contributed by atoms with Crippen LogP contribution >= 0.6 is 7.82 Å². The summed E-state index contributed by atoms with van der Waals surface area (Å²) < 4.78 is 23.1. The van der Waals surface area contributed by atoms with E-state index in [0.717, 1.165) is 32.1 Å². The van der Waals surface area contributed by atoms with Gasteiger partial charge in [0.15, 0.2) is 0 Å². The quantitative estimate of drug-likeness (QED) is 0.0278. The molecule has 0 radical (unpaired) electrons. The van der Waals surface area contributed by atoms with Crippen molar-refractivity contribution in [2.75, 3.05) is 40.9 Å². The van der Waals surface area contributed by atoms with E-state index in [1.807, 2.05) is 27.2 Å². The Morgan fingerprint density at radius 2 is 1.08 bits per heavy atom. The normalized spacial score (nSPS) is 14.6. The maximum absolute atomic E-state index is 12.8. The molecule has 0 aromatic carbocycles. The highest BCUT2D eigenvalue weighted by atomic mass is 31.2. The predicted octanol–water partition coefficient (Wildman–Crippen LogP) is 11.5. The topological polar surface area (TPSA) is 108 Å². The van der Waals surface area contributed by atoms with Crippen molar-refractivity contribution in [1.82, 2.24) is 5.32 Å². The van der Waals surface area contributed by atoms with Crippen molar-refractivity contribution in [3.8, 4) is 0 Å². The largest absolute Gasteiger partial charge is 0.756 e. The van der Waals surface area contributed by atoms with E-state index in [0.29, 0.717) is 17.4 Å². The molecule has 0 spiro atoms. The molecule has 1 amide bonds. The van der Waals surface area contributed by atoms with Crippen LogP contribution in [0.5, 0.6) is 0 Å². The summed E-state index contributed by atoms with van der Waals surface area (Å²) >= 11 is 0. The van der Waals surface area contributed by atoms with Crippen molar-refractivity contribution in [2.24, 2.45) is 0 Å². The Hall–Kier alpha value is -1.02. The lowest BCUT2D eigenvalue weighted by Gasteiger charge is -2.29. The number of carbonyl (C=O) groups is 1. The highest BCUT2D eigenvalue weighted by Gasteiger charge is 2.23. The molecular weight excluding hydrogens is 683 g/mol. The van der Waals surface area contributed by atoms with Crippen LogP contribution in [0.15, 0.2) is 24.3 Å². The third-order valence-electron chi connectivity index (χ3n) is 9.97. The maximum Gasteiger partial charge on any atom is 0.268 e. The molecule has 0 fully saturated rings. The number of nitrogens with zero attached hydrogens (tertiary/aromatic N) is 1. The average molecular weight is 771 g/mol. The zero-order valence-corrected chi connectivity index (χ0v) is 36.4. The molecule has 0 aromatic heterocycles. The van der Waals surface area contributed by atoms with Gasteiger partial charge in [0.1, 0.15) is 13.2 Å². The lowest BCUT2D eigenvalue weighted by Crippen LogP contribution is -2.45. The molecule has 0 rings (SSSR count). The molecular formula is C44H87N2O6P. The van der Waals surface area contributed by atoms with Crippen LogP contribution in [0, 0.1) is 0 Å². The number of allylic oxidation sites excluding steroid dienone is 3. The van der Waals surface area contributed by atoms with Gasteiger partial charge in [-0.15, -0.1) is 0 Å². The molecule has 53 heavy (non-hydrogen) atoms. The van der Waals surface area contributed by atoms with Crippen molar-refractivity contribution in [1.29, 1.82) is 0 Å². The summed E-state index contributed by atoms with van der Waals surface area (Å²) in [5.74, 6) is -0.214. The molecule has 0 heterocycles. The molecule has 0 saturated carbocycles. The van der Waals surface area contributed by atoms with Crippen LogP contribution in [0.4, 0.5) is 0 Å². The lowest BCUT2D eigenvalue weighted by atomic mass is 10.0. The zero-order valence-electron chi connectivity index (χ0n) is 35.5. The summed E-state index contributed by atoms with van der Waals surface area (Å²) in [6.45, 7) is 4.58. The second-order valence-electron chi connectivity index (χ2n) is 16.4. The highest BCUT2D eigenvalue weighted by molar-refractivity contribution is 7.45. The molecule has 1 unspecified atom stereocenters. The molecule has 3 atom stereocenters. The van der Waals surface area contributed by atoms with Gasteiger partial charge < -0.3 is 28.8 Å². The fourth-order valence-corrected chi connectivity index (χ4v) is 7.11. The number of likely N-dealkylation sites (N-methyl/N-ethyl adjacent to an activating group) is 1. The van der Waals surface area contributed by atoms with Gasteiger partial charge in [-0.1, -0.05) is 199 Å². The summed E-state index contributed by atoms with van der Waals surface area (Å²) in [4.78, 5) is 25.2. The zero-order chi connectivity index (χ0) is 39.3. The number of rotatable bonds is 40. The van der Waals surface area contributed by atoms with Crippen LogP contribution in [0.25, 0.3) is 0 Å². The second kappa shape index (κ2) is 36.6. The summed E-state index contributed by atoms with van der Waals surface area (Å²) in [6, 6.07) is -0.912. The summed E-state index contributed by atoms with van der Waals surface area (Å²) in [6.07, 6.45) is 42.5. The number of phosphoric ester groups is 1. The molecule has 2 N–H and O–H groups in total. The maximum atomic E-state index is 12.8. The summed E-state index contributed by atoms with van der Waals surface area (Å²) in [5, 5.41) is 13.7. The van der Waals surface area contributed by atoms with E-state index in [1.54, 1.807) is 12.2 Å². The van der Waals surface area contributed by atoms with E-state index in [-0.39, 0.29) is 12.5 Å². The van der Waals surface area contributed by atoms with Gasteiger partial charge >= 0.3 is 0 Å². The van der Waals surface area contributed by atoms with Gasteiger partial charge in [-0.05, 0) is 19.3 Å². The number of quaternary nitrogens is 1. The Labute approximate surface area is 328 Å². The van der Waals surface area contributed by atoms with Crippen LogP contribution in [-0.4, -0.2) is 68.5 Å². The molecule has 0 aliphatic rings. The number of hydrogen-bond donors (Lipinski definition) is 2. The molecule has 9 heteroatoms. The minimum absolute atomic E-state index is 0.00731. The number of carbonyl (C=O) groups excluding carboxylic acids is 1. The van der Waals surface area contributed by atoms with E-state index in [9.17, 15) is 19.4 Å². The number of aliphatic hydroxyl groups is 1. The van der Waals surface area contributed by atoms with Gasteiger partial charge in [-0.3, -0.25) is 9.36 Å². The van der Waals surface area contributed by atoms with Crippen molar-refractivity contribution < 1.29 is 32.9 Å². The van der Waals surface area contributed by atoms with Gasteiger partial charge in [0.25, 0.3) is 7.82 Å². The van der Waals surface area contributed by atoms with E-state index in [4.69, 9.17) is 9.05 Å². The number of amides is 1. The van der Waals surface area contributed by atoms with Crippen molar-refractivity contribution in [3.63, 3.8) is 0 Å². The van der Waals surface area contributed by atoms with E-state index in [2.05, 4.69) is 25.2 Å². The summed E-state index contributed by atoms with van der Waals surface area (Å²) in [5.41, 5.74) is 0. The Balaban J connectivity index is 4.28. The second-order valence-corrected chi connectivity index (χ2v) is 17.9. The monoisotopic (exact) mass is 771 g/mol. The molecule has 314 valence electrons. The number of unbranched alkanes of at least 4 members (excludes halogenated alkanes) is 26. The van der Waals surface area contributed by atoms with Crippen LogP contribution in [0.1, 0.15) is 200 Å². The minimum Gasteiger partial charge on any atom is -0.756 e. The third-order valence-corrected chi connectivity index (χ3v) is 10.9. The molecule has 0 aromatic rings. The SMILES string of the molecule is CCCCCCCC/C=C/C=C/[C@@H](O)[C@H](COP(=O)([O-])OCC[N+](C)(C)C)NC(=O)CCCCCCCCCCCCCCCCCCCCCCC.